The smallest absolute Gasteiger partial charge is 0.295 e. The molecule has 7 heteroatoms. The Morgan fingerprint density at radius 3 is 2.53 bits per heavy atom. The molecule has 1 saturated heterocycles. The summed E-state index contributed by atoms with van der Waals surface area (Å²) in [7, 11) is 1.53. The minimum absolute atomic E-state index is 0.0416. The number of aliphatic hydroxyl groups excluding tert-OH is 1. The van der Waals surface area contributed by atoms with E-state index in [0.29, 0.717) is 29.4 Å². The predicted molar refractivity (Wildman–Crippen MR) is 112 cm³/mol. The normalized spacial score (nSPS) is 18.3. The summed E-state index contributed by atoms with van der Waals surface area (Å²) in [4.78, 5) is 31.0. The number of likely N-dealkylation sites (tertiary alicyclic amines) is 1. The summed E-state index contributed by atoms with van der Waals surface area (Å²) >= 11 is 0. The molecule has 2 aromatic rings. The fraction of sp³-hybridized carbons (Fsp3) is 0.348. The number of nitrogens with zero attached hydrogens (tertiary/aromatic N) is 2. The van der Waals surface area contributed by atoms with Gasteiger partial charge in [-0.25, -0.2) is 0 Å². The van der Waals surface area contributed by atoms with Gasteiger partial charge in [0.25, 0.3) is 11.7 Å². The number of methoxy groups -OCH3 is 1. The number of carbonyl (C=O) groups excluding carboxylic acids is 2. The molecule has 0 bridgehead atoms. The van der Waals surface area contributed by atoms with Gasteiger partial charge in [0.1, 0.15) is 11.5 Å². The Labute approximate surface area is 175 Å². The molecule has 1 atom stereocenters. The molecular weight excluding hydrogens is 384 g/mol. The van der Waals surface area contributed by atoms with Crippen molar-refractivity contribution < 1.29 is 24.2 Å². The van der Waals surface area contributed by atoms with Crippen LogP contribution in [0.5, 0.6) is 5.75 Å². The number of aliphatic hydroxyl groups is 1. The molecule has 2 heterocycles. The Morgan fingerprint density at radius 2 is 1.93 bits per heavy atom. The van der Waals surface area contributed by atoms with Gasteiger partial charge in [-0.1, -0.05) is 19.9 Å². The number of benzene rings is 1. The van der Waals surface area contributed by atoms with Gasteiger partial charge in [0, 0.05) is 31.6 Å². The molecule has 30 heavy (non-hydrogen) atoms. The zero-order valence-corrected chi connectivity index (χ0v) is 17.4. The topological polar surface area (TPSA) is 89.0 Å². The van der Waals surface area contributed by atoms with Crippen molar-refractivity contribution in [1.29, 1.82) is 0 Å². The maximum Gasteiger partial charge on any atom is 0.295 e. The van der Waals surface area contributed by atoms with Gasteiger partial charge in [0.15, 0.2) is 0 Å². The summed E-state index contributed by atoms with van der Waals surface area (Å²) in [5, 5.41) is 11.0. The summed E-state index contributed by atoms with van der Waals surface area (Å²) in [6.45, 7) is 5.19. The van der Waals surface area contributed by atoms with Crippen molar-refractivity contribution in [3.05, 3.63) is 65.5 Å². The molecule has 1 unspecified atom stereocenters. The van der Waals surface area contributed by atoms with Gasteiger partial charge < -0.3 is 19.5 Å². The summed E-state index contributed by atoms with van der Waals surface area (Å²) in [5.74, 6) is -0.556. The minimum Gasteiger partial charge on any atom is -0.507 e. The molecule has 158 valence electrons. The van der Waals surface area contributed by atoms with Gasteiger partial charge in [0.05, 0.1) is 24.8 Å². The zero-order chi connectivity index (χ0) is 21.7. The summed E-state index contributed by atoms with van der Waals surface area (Å²) < 4.78 is 10.8. The molecule has 1 aliphatic heterocycles. The molecule has 7 nitrogen and oxygen atoms in total. The van der Waals surface area contributed by atoms with E-state index < -0.39 is 17.7 Å². The van der Waals surface area contributed by atoms with E-state index in [1.54, 1.807) is 48.8 Å². The van der Waals surface area contributed by atoms with Gasteiger partial charge in [-0.05, 0) is 41.8 Å². The van der Waals surface area contributed by atoms with Gasteiger partial charge in [-0.2, -0.15) is 0 Å². The number of ketones is 1. The van der Waals surface area contributed by atoms with E-state index in [9.17, 15) is 14.7 Å². The maximum absolute atomic E-state index is 12.8. The zero-order valence-electron chi connectivity index (χ0n) is 17.4. The Bertz CT molecular complexity index is 922. The van der Waals surface area contributed by atoms with Gasteiger partial charge in [0.2, 0.25) is 0 Å². The number of rotatable bonds is 8. The number of carbonyl (C=O) groups is 2. The highest BCUT2D eigenvalue weighted by atomic mass is 16.5. The van der Waals surface area contributed by atoms with Crippen LogP contribution in [0.1, 0.15) is 31.0 Å². The second kappa shape index (κ2) is 9.54. The lowest BCUT2D eigenvalue weighted by atomic mass is 9.96. The van der Waals surface area contributed by atoms with Crippen molar-refractivity contribution in [2.24, 2.45) is 5.92 Å². The monoisotopic (exact) mass is 410 g/mol. The standard InChI is InChI=1S/C23H26N2O5/c1-15(2)14-30-18-8-6-16(7-9-18)21(26)19-20(17-5-4-10-24-13-17)25(11-12-29-3)23(28)22(19)27/h4-10,13,15,20,26H,11-12,14H2,1-3H3/b21-19-. The molecule has 1 aromatic heterocycles. The minimum atomic E-state index is -0.731. The molecule has 1 amide bonds. The summed E-state index contributed by atoms with van der Waals surface area (Å²) in [6, 6.07) is 9.59. The molecule has 0 saturated carbocycles. The second-order valence-electron chi connectivity index (χ2n) is 7.50. The maximum atomic E-state index is 12.8. The van der Waals surface area contributed by atoms with Crippen molar-refractivity contribution in [2.45, 2.75) is 19.9 Å². The third kappa shape index (κ3) is 4.52. The summed E-state index contributed by atoms with van der Waals surface area (Å²) in [5.41, 5.74) is 1.12. The van der Waals surface area contributed by atoms with Crippen LogP contribution < -0.4 is 4.74 Å². The first-order valence-electron chi connectivity index (χ1n) is 9.84. The molecule has 0 spiro atoms. The number of hydrogen-bond donors (Lipinski definition) is 1. The van der Waals surface area contributed by atoms with Gasteiger partial charge in [-0.15, -0.1) is 0 Å². The van der Waals surface area contributed by atoms with Crippen LogP contribution in [0.4, 0.5) is 0 Å². The van der Waals surface area contributed by atoms with Crippen LogP contribution in [-0.2, 0) is 14.3 Å². The molecule has 3 rings (SSSR count). The molecule has 0 aliphatic carbocycles. The average Bonchev–Trinajstić information content (AvgIpc) is 3.01. The predicted octanol–water partition coefficient (Wildman–Crippen LogP) is 3.18. The van der Waals surface area contributed by atoms with Crippen molar-refractivity contribution in [3.63, 3.8) is 0 Å². The van der Waals surface area contributed by atoms with E-state index in [1.165, 1.54) is 12.0 Å². The van der Waals surface area contributed by atoms with E-state index in [-0.39, 0.29) is 24.5 Å². The summed E-state index contributed by atoms with van der Waals surface area (Å²) in [6.07, 6.45) is 3.20. The number of Topliss-reactive ketones (excluding diaryl/α,β-unsaturated/α-hetero) is 1. The SMILES string of the molecule is COCCN1C(=O)C(=O)/C(=C(\O)c2ccc(OCC(C)C)cc2)C1c1cccnc1. The number of hydrogen-bond acceptors (Lipinski definition) is 6. The van der Waals surface area contributed by atoms with Crippen molar-refractivity contribution >= 4 is 17.4 Å². The number of pyridine rings is 1. The highest BCUT2D eigenvalue weighted by Crippen LogP contribution is 2.39. The number of aromatic nitrogens is 1. The first kappa shape index (κ1) is 21.5. The van der Waals surface area contributed by atoms with Gasteiger partial charge in [-0.3, -0.25) is 14.6 Å². The number of ether oxygens (including phenoxy) is 2. The highest BCUT2D eigenvalue weighted by Gasteiger charge is 2.45. The molecular formula is C23H26N2O5. The largest absolute Gasteiger partial charge is 0.507 e. The van der Waals surface area contributed by atoms with E-state index in [0.717, 1.165) is 0 Å². The van der Waals surface area contributed by atoms with Crippen LogP contribution in [-0.4, -0.2) is 53.5 Å². The van der Waals surface area contributed by atoms with E-state index in [1.807, 2.05) is 0 Å². The molecule has 1 fully saturated rings. The Kier molecular flexibility index (Phi) is 6.84. The lowest BCUT2D eigenvalue weighted by Gasteiger charge is -2.24. The average molecular weight is 410 g/mol. The third-order valence-electron chi connectivity index (χ3n) is 4.79. The van der Waals surface area contributed by atoms with E-state index >= 15 is 0 Å². The van der Waals surface area contributed by atoms with Crippen LogP contribution in [0.2, 0.25) is 0 Å². The van der Waals surface area contributed by atoms with Crippen LogP contribution >= 0.6 is 0 Å². The molecule has 1 N–H and O–H groups in total. The van der Waals surface area contributed by atoms with Crippen LogP contribution in [0.3, 0.4) is 0 Å². The van der Waals surface area contributed by atoms with Crippen molar-refractivity contribution in [3.8, 4) is 5.75 Å². The van der Waals surface area contributed by atoms with E-state index in [4.69, 9.17) is 9.47 Å². The Hall–Kier alpha value is -3.19. The van der Waals surface area contributed by atoms with Crippen LogP contribution in [0.15, 0.2) is 54.4 Å². The Balaban J connectivity index is 2.00. The fourth-order valence-corrected chi connectivity index (χ4v) is 3.31. The van der Waals surface area contributed by atoms with Gasteiger partial charge >= 0.3 is 0 Å². The first-order chi connectivity index (χ1) is 14.4. The van der Waals surface area contributed by atoms with Crippen molar-refractivity contribution in [1.82, 2.24) is 9.88 Å². The second-order valence-corrected chi connectivity index (χ2v) is 7.50. The number of amides is 1. The third-order valence-corrected chi connectivity index (χ3v) is 4.79. The molecule has 0 radical (unpaired) electrons. The lowest BCUT2D eigenvalue weighted by molar-refractivity contribution is -0.140. The quantitative estimate of drug-likeness (QED) is 0.408. The van der Waals surface area contributed by atoms with E-state index in [2.05, 4.69) is 18.8 Å². The Morgan fingerprint density at radius 1 is 1.20 bits per heavy atom. The molecule has 1 aromatic carbocycles. The lowest BCUT2D eigenvalue weighted by Crippen LogP contribution is -2.32. The molecule has 1 aliphatic rings. The highest BCUT2D eigenvalue weighted by molar-refractivity contribution is 6.46. The van der Waals surface area contributed by atoms with Crippen LogP contribution in [0.25, 0.3) is 5.76 Å². The van der Waals surface area contributed by atoms with Crippen molar-refractivity contribution in [2.75, 3.05) is 26.9 Å². The van der Waals surface area contributed by atoms with Crippen LogP contribution in [0, 0.1) is 5.92 Å². The fourth-order valence-electron chi connectivity index (χ4n) is 3.31. The first-order valence-corrected chi connectivity index (χ1v) is 9.84.